The topological polar surface area (TPSA) is 89.8 Å². The zero-order chi connectivity index (χ0) is 29.5. The van der Waals surface area contributed by atoms with E-state index in [0.717, 1.165) is 32.1 Å². The van der Waals surface area contributed by atoms with Crippen molar-refractivity contribution in [3.8, 4) is 0 Å². The van der Waals surface area contributed by atoms with Gasteiger partial charge in [-0.25, -0.2) is 0 Å². The lowest BCUT2D eigenvalue weighted by Crippen LogP contribution is -2.45. The summed E-state index contributed by atoms with van der Waals surface area (Å²) >= 11 is 0. The Labute approximate surface area is 248 Å². The third-order valence-corrected chi connectivity index (χ3v) is 7.73. The molecule has 0 aliphatic carbocycles. The van der Waals surface area contributed by atoms with Gasteiger partial charge in [0.15, 0.2) is 0 Å². The summed E-state index contributed by atoms with van der Waals surface area (Å²) in [5.74, 6) is -0.335. The molecule has 0 radical (unpaired) electrons. The maximum Gasteiger partial charge on any atom is 0.222 e. The average molecular weight is 566 g/mol. The average Bonchev–Trinajstić information content (AvgIpc) is 2.94. The van der Waals surface area contributed by atoms with Gasteiger partial charge in [0.2, 0.25) is 5.91 Å². The molecular weight excluding hydrogens is 498 g/mol. The zero-order valence-electron chi connectivity index (χ0n) is 26.5. The summed E-state index contributed by atoms with van der Waals surface area (Å²) in [6, 6.07) is -0.747. The fraction of sp³-hybridized carbons (Fsp3) is 0.857. The van der Waals surface area contributed by atoms with E-state index in [2.05, 4.69) is 31.3 Å². The smallest absolute Gasteiger partial charge is 0.222 e. The molecule has 0 aromatic carbocycles. The predicted octanol–water partition coefficient (Wildman–Crippen LogP) is 8.70. The number of rotatable bonds is 30. The highest BCUT2D eigenvalue weighted by molar-refractivity contribution is 5.76. The largest absolute Gasteiger partial charge is 0.394 e. The van der Waals surface area contributed by atoms with Crippen molar-refractivity contribution < 1.29 is 20.1 Å². The molecule has 0 fully saturated rings. The van der Waals surface area contributed by atoms with Gasteiger partial charge in [-0.1, -0.05) is 141 Å². The monoisotopic (exact) mass is 566 g/mol. The number of aliphatic hydroxyl groups is 3. The van der Waals surface area contributed by atoms with Gasteiger partial charge in [-0.05, 0) is 44.9 Å². The van der Waals surface area contributed by atoms with E-state index in [1.807, 2.05) is 6.08 Å². The Morgan fingerprint density at radius 1 is 0.625 bits per heavy atom. The molecule has 0 aromatic rings. The van der Waals surface area contributed by atoms with E-state index in [0.29, 0.717) is 6.42 Å². The molecule has 40 heavy (non-hydrogen) atoms. The number of amides is 1. The van der Waals surface area contributed by atoms with Crippen molar-refractivity contribution in [3.05, 3.63) is 24.3 Å². The second-order valence-corrected chi connectivity index (χ2v) is 11.8. The van der Waals surface area contributed by atoms with Crippen molar-refractivity contribution in [1.82, 2.24) is 5.32 Å². The first-order chi connectivity index (χ1) is 19.5. The van der Waals surface area contributed by atoms with Gasteiger partial charge in [0, 0.05) is 0 Å². The van der Waals surface area contributed by atoms with E-state index in [-0.39, 0.29) is 18.9 Å². The molecule has 236 valence electrons. The van der Waals surface area contributed by atoms with Crippen molar-refractivity contribution >= 4 is 5.91 Å². The molecule has 0 aromatic heterocycles. The number of nitrogens with one attached hydrogen (secondary N) is 1. The predicted molar refractivity (Wildman–Crippen MR) is 171 cm³/mol. The Bertz CT molecular complexity index is 592. The number of unbranched alkanes of at least 4 members (excludes halogenated alkanes) is 19. The number of hydrogen-bond donors (Lipinski definition) is 4. The van der Waals surface area contributed by atoms with Crippen LogP contribution < -0.4 is 5.32 Å². The van der Waals surface area contributed by atoms with E-state index in [4.69, 9.17) is 0 Å². The van der Waals surface area contributed by atoms with E-state index >= 15 is 0 Å². The highest BCUT2D eigenvalue weighted by Crippen LogP contribution is 2.13. The first-order valence-electron chi connectivity index (χ1n) is 17.1. The second-order valence-electron chi connectivity index (χ2n) is 11.8. The van der Waals surface area contributed by atoms with E-state index in [1.165, 1.54) is 109 Å². The third kappa shape index (κ3) is 27.0. The van der Waals surface area contributed by atoms with Crippen molar-refractivity contribution in [2.75, 3.05) is 6.61 Å². The second kappa shape index (κ2) is 30.8. The Morgan fingerprint density at radius 2 is 1.05 bits per heavy atom. The summed E-state index contributed by atoms with van der Waals surface area (Å²) in [4.78, 5) is 12.3. The summed E-state index contributed by atoms with van der Waals surface area (Å²) in [5, 5.41) is 32.9. The van der Waals surface area contributed by atoms with Crippen LogP contribution in [0.2, 0.25) is 0 Å². The molecule has 3 atom stereocenters. The molecule has 5 nitrogen and oxygen atoms in total. The molecule has 1 amide bonds. The Morgan fingerprint density at radius 3 is 1.52 bits per heavy atom. The summed E-state index contributed by atoms with van der Waals surface area (Å²) in [6.45, 7) is 4.16. The number of aliphatic hydroxyl groups excluding tert-OH is 3. The van der Waals surface area contributed by atoms with Crippen LogP contribution in [0.25, 0.3) is 0 Å². The minimum Gasteiger partial charge on any atom is -0.394 e. The standard InChI is InChI=1S/C35H67NO4/c1-3-5-7-9-11-13-15-16-17-19-21-23-25-27-29-34(39)33(31-37)36-35(40)30-32(38)28-26-24-22-20-18-14-12-10-8-6-4-2/h20,22,27,29,32-34,37-39H,3-19,21,23-26,28,30-31H2,1-2H3,(H,36,40)/b22-20-,29-27+. The molecule has 4 N–H and O–H groups in total. The van der Waals surface area contributed by atoms with Crippen LogP contribution in [0.1, 0.15) is 168 Å². The van der Waals surface area contributed by atoms with Crippen molar-refractivity contribution in [2.24, 2.45) is 0 Å². The van der Waals surface area contributed by atoms with E-state index < -0.39 is 18.2 Å². The molecule has 0 saturated carbocycles. The van der Waals surface area contributed by atoms with Gasteiger partial charge in [0.05, 0.1) is 31.3 Å². The van der Waals surface area contributed by atoms with Gasteiger partial charge in [0.25, 0.3) is 0 Å². The maximum atomic E-state index is 12.3. The Kier molecular flexibility index (Phi) is 29.9. The quantitative estimate of drug-likeness (QED) is 0.0518. The highest BCUT2D eigenvalue weighted by atomic mass is 16.3. The molecule has 0 heterocycles. The van der Waals surface area contributed by atoms with Gasteiger partial charge in [-0.15, -0.1) is 0 Å². The van der Waals surface area contributed by atoms with Gasteiger partial charge in [0.1, 0.15) is 0 Å². The van der Waals surface area contributed by atoms with Crippen molar-refractivity contribution in [2.45, 2.75) is 186 Å². The summed E-state index contributed by atoms with van der Waals surface area (Å²) in [6.07, 6.45) is 34.4. The SMILES string of the molecule is CCCCCCCC/C=C\CCCC(O)CC(=O)NC(CO)C(O)/C=C/CCCCCCCCCCCCCC. The molecule has 5 heteroatoms. The summed E-state index contributed by atoms with van der Waals surface area (Å²) < 4.78 is 0. The van der Waals surface area contributed by atoms with Crippen LogP contribution in [0, 0.1) is 0 Å². The number of hydrogen-bond acceptors (Lipinski definition) is 4. The van der Waals surface area contributed by atoms with Gasteiger partial charge >= 0.3 is 0 Å². The van der Waals surface area contributed by atoms with Gasteiger partial charge in [-0.3, -0.25) is 4.79 Å². The molecule has 0 aliphatic rings. The first kappa shape index (κ1) is 38.8. The lowest BCUT2D eigenvalue weighted by atomic mass is 10.0. The molecule has 0 spiro atoms. The van der Waals surface area contributed by atoms with E-state index in [9.17, 15) is 20.1 Å². The zero-order valence-corrected chi connectivity index (χ0v) is 26.5. The minimum absolute atomic E-state index is 0.00668. The van der Waals surface area contributed by atoms with Crippen molar-refractivity contribution in [1.29, 1.82) is 0 Å². The molecule has 0 aliphatic heterocycles. The fourth-order valence-corrected chi connectivity index (χ4v) is 5.04. The van der Waals surface area contributed by atoms with Crippen LogP contribution >= 0.6 is 0 Å². The molecule has 3 unspecified atom stereocenters. The fourth-order valence-electron chi connectivity index (χ4n) is 5.04. The summed E-state index contributed by atoms with van der Waals surface area (Å²) in [5.41, 5.74) is 0. The lowest BCUT2D eigenvalue weighted by molar-refractivity contribution is -0.124. The van der Waals surface area contributed by atoms with Crippen LogP contribution in [0.15, 0.2) is 24.3 Å². The van der Waals surface area contributed by atoms with Crippen LogP contribution in [-0.4, -0.2) is 46.1 Å². The normalized spacial score (nSPS) is 14.2. The van der Waals surface area contributed by atoms with Gasteiger partial charge in [-0.2, -0.15) is 0 Å². The van der Waals surface area contributed by atoms with Crippen LogP contribution in [0.5, 0.6) is 0 Å². The number of allylic oxidation sites excluding steroid dienone is 3. The Hall–Kier alpha value is -1.17. The first-order valence-corrected chi connectivity index (χ1v) is 17.1. The highest BCUT2D eigenvalue weighted by Gasteiger charge is 2.19. The van der Waals surface area contributed by atoms with E-state index in [1.54, 1.807) is 6.08 Å². The number of carbonyl (C=O) groups excluding carboxylic acids is 1. The minimum atomic E-state index is -0.930. The molecule has 0 rings (SSSR count). The Balaban J connectivity index is 3.81. The molecule has 0 saturated heterocycles. The van der Waals surface area contributed by atoms with Crippen molar-refractivity contribution in [3.63, 3.8) is 0 Å². The third-order valence-electron chi connectivity index (χ3n) is 7.73. The molecule has 0 bridgehead atoms. The maximum absolute atomic E-state index is 12.3. The van der Waals surface area contributed by atoms with Crippen LogP contribution in [0.3, 0.4) is 0 Å². The molecular formula is C35H67NO4. The van der Waals surface area contributed by atoms with Crippen LogP contribution in [-0.2, 0) is 4.79 Å². The van der Waals surface area contributed by atoms with Gasteiger partial charge < -0.3 is 20.6 Å². The number of carbonyl (C=O) groups is 1. The van der Waals surface area contributed by atoms with Crippen LogP contribution in [0.4, 0.5) is 0 Å². The summed E-state index contributed by atoms with van der Waals surface area (Å²) in [7, 11) is 0. The lowest BCUT2D eigenvalue weighted by Gasteiger charge is -2.20.